The molecule has 1 heterocycles. The Morgan fingerprint density at radius 1 is 1.53 bits per heavy atom. The average Bonchev–Trinajstić information content (AvgIpc) is 2.29. The van der Waals surface area contributed by atoms with Gasteiger partial charge >= 0.3 is 5.97 Å². The Morgan fingerprint density at radius 2 is 2.24 bits per heavy atom. The normalized spacial score (nSPS) is 14.1. The van der Waals surface area contributed by atoms with Crippen molar-refractivity contribution in [3.63, 3.8) is 0 Å². The maximum Gasteiger partial charge on any atom is 0.348 e. The zero-order chi connectivity index (χ0) is 12.9. The van der Waals surface area contributed by atoms with Crippen molar-refractivity contribution in [1.29, 1.82) is 0 Å². The number of aromatic nitrogens is 1. The Bertz CT molecular complexity index is 400. The van der Waals surface area contributed by atoms with Crippen LogP contribution in [0, 0.1) is 0 Å². The van der Waals surface area contributed by atoms with E-state index in [1.54, 1.807) is 19.2 Å². The van der Waals surface area contributed by atoms with Crippen LogP contribution in [0.3, 0.4) is 0 Å². The summed E-state index contributed by atoms with van der Waals surface area (Å²) in [5.74, 6) is -0.846. The van der Waals surface area contributed by atoms with Gasteiger partial charge in [-0.3, -0.25) is 4.98 Å². The Labute approximate surface area is 109 Å². The van der Waals surface area contributed by atoms with Crippen LogP contribution >= 0.6 is 15.9 Å². The highest BCUT2D eigenvalue weighted by atomic mass is 79.9. The summed E-state index contributed by atoms with van der Waals surface area (Å²) in [5, 5.41) is 0. The van der Waals surface area contributed by atoms with E-state index in [-0.39, 0.29) is 18.6 Å². The van der Waals surface area contributed by atoms with Gasteiger partial charge in [0.25, 0.3) is 0 Å². The van der Waals surface area contributed by atoms with Gasteiger partial charge < -0.3 is 4.74 Å². The first kappa shape index (κ1) is 14.1. The third kappa shape index (κ3) is 3.25. The lowest BCUT2D eigenvalue weighted by Crippen LogP contribution is -2.33. The smallest absolute Gasteiger partial charge is 0.348 e. The van der Waals surface area contributed by atoms with Gasteiger partial charge in [0.05, 0.1) is 6.61 Å². The number of rotatable bonds is 5. The zero-order valence-electron chi connectivity index (χ0n) is 9.87. The van der Waals surface area contributed by atoms with Crippen LogP contribution in [0.4, 0.5) is 4.39 Å². The number of halogens is 2. The van der Waals surface area contributed by atoms with Crippen LogP contribution in [0.5, 0.6) is 0 Å². The summed E-state index contributed by atoms with van der Waals surface area (Å²) in [6.45, 7) is 3.64. The number of hydrogen-bond donors (Lipinski definition) is 0. The van der Waals surface area contributed by atoms with Gasteiger partial charge in [0.2, 0.25) is 5.67 Å². The van der Waals surface area contributed by atoms with Gasteiger partial charge in [0.1, 0.15) is 0 Å². The topological polar surface area (TPSA) is 39.2 Å². The minimum absolute atomic E-state index is 0.0873. The van der Waals surface area contributed by atoms with Crippen LogP contribution in [0.25, 0.3) is 0 Å². The summed E-state index contributed by atoms with van der Waals surface area (Å²) < 4.78 is 20.2. The molecule has 0 aromatic carbocycles. The number of nitrogens with zero attached hydrogens (tertiary/aromatic N) is 1. The standard InChI is InChI=1S/C12H15BrFNO2/c1-3-5-12(14,11(16)17-4-2)9-6-10(13)8-15-7-9/h6-8H,3-5H2,1-2H3. The molecule has 3 nitrogen and oxygen atoms in total. The van der Waals surface area contributed by atoms with E-state index in [1.165, 1.54) is 6.20 Å². The third-order valence-electron chi connectivity index (χ3n) is 2.36. The number of pyridine rings is 1. The van der Waals surface area contributed by atoms with Crippen LogP contribution in [-0.2, 0) is 15.2 Å². The fourth-order valence-corrected chi connectivity index (χ4v) is 1.95. The molecule has 0 aliphatic rings. The van der Waals surface area contributed by atoms with Gasteiger partial charge in [-0.2, -0.15) is 0 Å². The lowest BCUT2D eigenvalue weighted by atomic mass is 9.92. The third-order valence-corrected chi connectivity index (χ3v) is 2.79. The van der Waals surface area contributed by atoms with Crippen LogP contribution in [0.15, 0.2) is 22.9 Å². The minimum Gasteiger partial charge on any atom is -0.463 e. The molecule has 94 valence electrons. The van der Waals surface area contributed by atoms with E-state index in [2.05, 4.69) is 20.9 Å². The molecule has 0 fully saturated rings. The molecule has 1 rings (SSSR count). The van der Waals surface area contributed by atoms with Crippen molar-refractivity contribution in [2.75, 3.05) is 6.61 Å². The fourth-order valence-electron chi connectivity index (χ4n) is 1.58. The molecule has 0 N–H and O–H groups in total. The molecule has 1 aromatic heterocycles. The minimum atomic E-state index is -2.11. The molecule has 0 bridgehead atoms. The quantitative estimate of drug-likeness (QED) is 0.783. The highest BCUT2D eigenvalue weighted by molar-refractivity contribution is 9.10. The van der Waals surface area contributed by atoms with Crippen molar-refractivity contribution in [3.8, 4) is 0 Å². The van der Waals surface area contributed by atoms with Crippen molar-refractivity contribution in [2.45, 2.75) is 32.4 Å². The molecule has 0 amide bonds. The van der Waals surface area contributed by atoms with E-state index >= 15 is 0 Å². The number of alkyl halides is 1. The molecule has 1 atom stereocenters. The fraction of sp³-hybridized carbons (Fsp3) is 0.500. The highest BCUT2D eigenvalue weighted by Gasteiger charge is 2.41. The molecule has 0 spiro atoms. The molecule has 1 unspecified atom stereocenters. The maximum absolute atomic E-state index is 14.7. The largest absolute Gasteiger partial charge is 0.463 e. The van der Waals surface area contributed by atoms with E-state index in [0.29, 0.717) is 10.9 Å². The van der Waals surface area contributed by atoms with Gasteiger partial charge in [0.15, 0.2) is 0 Å². The zero-order valence-corrected chi connectivity index (χ0v) is 11.5. The van der Waals surface area contributed by atoms with Gasteiger partial charge in [-0.1, -0.05) is 13.3 Å². The van der Waals surface area contributed by atoms with E-state index in [0.717, 1.165) is 0 Å². The predicted octanol–water partition coefficient (Wildman–Crippen LogP) is 3.37. The average molecular weight is 304 g/mol. The number of carbonyl (C=O) groups excluding carboxylic acids is 1. The predicted molar refractivity (Wildman–Crippen MR) is 66.3 cm³/mol. The molecular weight excluding hydrogens is 289 g/mol. The van der Waals surface area contributed by atoms with Crippen molar-refractivity contribution < 1.29 is 13.9 Å². The van der Waals surface area contributed by atoms with Crippen LogP contribution in [0.2, 0.25) is 0 Å². The monoisotopic (exact) mass is 303 g/mol. The Balaban J connectivity index is 3.10. The molecule has 0 aliphatic heterocycles. The van der Waals surface area contributed by atoms with Crippen LogP contribution in [0.1, 0.15) is 32.3 Å². The first-order chi connectivity index (χ1) is 8.04. The first-order valence-corrected chi connectivity index (χ1v) is 6.31. The van der Waals surface area contributed by atoms with Gasteiger partial charge in [0, 0.05) is 22.4 Å². The second kappa shape index (κ2) is 6.10. The summed E-state index contributed by atoms with van der Waals surface area (Å²) >= 11 is 3.21. The molecule has 0 saturated carbocycles. The lowest BCUT2D eigenvalue weighted by Gasteiger charge is -2.22. The van der Waals surface area contributed by atoms with Crippen molar-refractivity contribution >= 4 is 21.9 Å². The van der Waals surface area contributed by atoms with Gasteiger partial charge in [-0.05, 0) is 35.3 Å². The van der Waals surface area contributed by atoms with Crippen molar-refractivity contribution in [3.05, 3.63) is 28.5 Å². The maximum atomic E-state index is 14.7. The Morgan fingerprint density at radius 3 is 2.76 bits per heavy atom. The van der Waals surface area contributed by atoms with Crippen molar-refractivity contribution in [2.24, 2.45) is 0 Å². The summed E-state index contributed by atoms with van der Waals surface area (Å²) in [6.07, 6.45) is 3.53. The second-order valence-electron chi connectivity index (χ2n) is 3.66. The van der Waals surface area contributed by atoms with Crippen LogP contribution < -0.4 is 0 Å². The summed E-state index contributed by atoms with van der Waals surface area (Å²) in [4.78, 5) is 15.6. The summed E-state index contributed by atoms with van der Waals surface area (Å²) in [5.41, 5.74) is -1.88. The van der Waals surface area contributed by atoms with E-state index in [9.17, 15) is 9.18 Å². The molecule has 5 heteroatoms. The number of esters is 1. The van der Waals surface area contributed by atoms with E-state index in [1.807, 2.05) is 6.92 Å². The highest BCUT2D eigenvalue weighted by Crippen LogP contribution is 2.33. The Kier molecular flexibility index (Phi) is 5.05. The number of ether oxygens (including phenoxy) is 1. The Hall–Kier alpha value is -0.970. The molecule has 17 heavy (non-hydrogen) atoms. The SMILES string of the molecule is CCCC(F)(C(=O)OCC)c1cncc(Br)c1. The number of hydrogen-bond acceptors (Lipinski definition) is 3. The van der Waals surface area contributed by atoms with Crippen molar-refractivity contribution in [1.82, 2.24) is 4.98 Å². The number of carbonyl (C=O) groups is 1. The molecule has 0 aliphatic carbocycles. The molecule has 1 aromatic rings. The lowest BCUT2D eigenvalue weighted by molar-refractivity contribution is -0.158. The summed E-state index contributed by atoms with van der Waals surface area (Å²) in [6, 6.07) is 1.56. The van der Waals surface area contributed by atoms with Gasteiger partial charge in [-0.25, -0.2) is 9.18 Å². The van der Waals surface area contributed by atoms with Gasteiger partial charge in [-0.15, -0.1) is 0 Å². The molecular formula is C12H15BrFNO2. The van der Waals surface area contributed by atoms with E-state index in [4.69, 9.17) is 4.74 Å². The van der Waals surface area contributed by atoms with E-state index < -0.39 is 11.6 Å². The molecule has 0 saturated heterocycles. The summed E-state index contributed by atoms with van der Waals surface area (Å²) in [7, 11) is 0. The molecule has 0 radical (unpaired) electrons. The van der Waals surface area contributed by atoms with Crippen LogP contribution in [-0.4, -0.2) is 17.6 Å². The first-order valence-electron chi connectivity index (χ1n) is 5.51. The second-order valence-corrected chi connectivity index (χ2v) is 4.58.